The van der Waals surface area contributed by atoms with Gasteiger partial charge < -0.3 is 10.2 Å². The van der Waals surface area contributed by atoms with Gasteiger partial charge in [0.1, 0.15) is 12.1 Å². The molecule has 0 saturated heterocycles. The van der Waals surface area contributed by atoms with Crippen molar-refractivity contribution in [2.24, 2.45) is 0 Å². The Labute approximate surface area is 153 Å². The van der Waals surface area contributed by atoms with Gasteiger partial charge in [0.15, 0.2) is 0 Å². The van der Waals surface area contributed by atoms with Crippen molar-refractivity contribution in [1.29, 1.82) is 0 Å². The lowest BCUT2D eigenvalue weighted by Crippen LogP contribution is -2.17. The number of halogens is 1. The van der Waals surface area contributed by atoms with Crippen LogP contribution in [0.1, 0.15) is 5.56 Å². The molecule has 0 radical (unpaired) electrons. The highest BCUT2D eigenvalue weighted by atomic mass is 35.5. The summed E-state index contributed by atoms with van der Waals surface area (Å²) in [7, 11) is 0. The van der Waals surface area contributed by atoms with Crippen LogP contribution in [0.25, 0.3) is 0 Å². The summed E-state index contributed by atoms with van der Waals surface area (Å²) in [6, 6.07) is 11.1. The van der Waals surface area contributed by atoms with Crippen LogP contribution in [0.4, 0.5) is 28.8 Å². The molecule has 1 N–H and O–H groups in total. The van der Waals surface area contributed by atoms with Gasteiger partial charge in [0.25, 0.3) is 0 Å². The Hall–Kier alpha value is -3.26. The number of nitrogens with zero attached hydrogens (tertiary/aromatic N) is 5. The molecule has 4 rings (SSSR count). The summed E-state index contributed by atoms with van der Waals surface area (Å²) in [5, 5.41) is 15.1. The Morgan fingerprint density at radius 1 is 1.15 bits per heavy atom. The number of anilines is 4. The van der Waals surface area contributed by atoms with Crippen LogP contribution >= 0.6 is 11.6 Å². The number of hydrogen-bond acceptors (Lipinski definition) is 7. The number of benzene rings is 1. The third kappa shape index (κ3) is 2.91. The van der Waals surface area contributed by atoms with Crippen LogP contribution in [0.15, 0.2) is 48.9 Å². The highest BCUT2D eigenvalue weighted by Gasteiger charge is 2.31. The number of rotatable bonds is 4. The lowest BCUT2D eigenvalue weighted by Gasteiger charge is -2.18. The SMILES string of the molecule is O=[N+]([O-])c1c(Nc2ccc(Cl)cn2)ncnc1N1CCc2ccccc21. The standard InChI is InChI=1S/C17H13ClN6O2/c18-12-5-6-14(19-9-12)22-16-15(24(25)26)17(21-10-20-16)23-8-7-11-3-1-2-4-13(11)23/h1-6,9-10H,7-8H2,(H,19,20,21,22). The van der Waals surface area contributed by atoms with Crippen LogP contribution < -0.4 is 10.2 Å². The van der Waals surface area contributed by atoms with E-state index in [0.29, 0.717) is 17.4 Å². The second-order valence-electron chi connectivity index (χ2n) is 5.67. The number of hydrogen-bond donors (Lipinski definition) is 1. The molecular formula is C17H13ClN6O2. The van der Waals surface area contributed by atoms with Crippen LogP contribution in [0, 0.1) is 10.1 Å². The molecule has 1 aliphatic heterocycles. The molecular weight excluding hydrogens is 356 g/mol. The molecule has 2 aromatic heterocycles. The Morgan fingerprint density at radius 3 is 2.77 bits per heavy atom. The van der Waals surface area contributed by atoms with E-state index < -0.39 is 4.92 Å². The van der Waals surface area contributed by atoms with E-state index in [1.54, 1.807) is 12.1 Å². The second kappa shape index (κ2) is 6.57. The topological polar surface area (TPSA) is 97.1 Å². The number of para-hydroxylation sites is 1. The monoisotopic (exact) mass is 368 g/mol. The van der Waals surface area contributed by atoms with Gasteiger partial charge in [0, 0.05) is 18.4 Å². The predicted molar refractivity (Wildman–Crippen MR) is 98.4 cm³/mol. The third-order valence-electron chi connectivity index (χ3n) is 4.10. The summed E-state index contributed by atoms with van der Waals surface area (Å²) in [6.45, 7) is 0.621. The zero-order valence-corrected chi connectivity index (χ0v) is 14.2. The minimum absolute atomic E-state index is 0.0826. The predicted octanol–water partition coefficient (Wildman–Crippen LogP) is 3.87. The molecule has 0 spiro atoms. The Balaban J connectivity index is 1.77. The molecule has 1 aliphatic rings. The van der Waals surface area contributed by atoms with E-state index in [1.165, 1.54) is 12.5 Å². The van der Waals surface area contributed by atoms with Crippen LogP contribution in [0.5, 0.6) is 0 Å². The summed E-state index contributed by atoms with van der Waals surface area (Å²) in [6.07, 6.45) is 3.56. The first-order chi connectivity index (χ1) is 12.6. The van der Waals surface area contributed by atoms with Gasteiger partial charge in [-0.15, -0.1) is 0 Å². The number of nitrogens with one attached hydrogen (secondary N) is 1. The number of nitro groups is 1. The largest absolute Gasteiger partial charge is 0.354 e. The van der Waals surface area contributed by atoms with E-state index in [1.807, 2.05) is 29.2 Å². The molecule has 8 nitrogen and oxygen atoms in total. The summed E-state index contributed by atoms with van der Waals surface area (Å²) in [5.74, 6) is 0.745. The van der Waals surface area contributed by atoms with E-state index >= 15 is 0 Å². The quantitative estimate of drug-likeness (QED) is 0.551. The molecule has 0 atom stereocenters. The average molecular weight is 369 g/mol. The fraction of sp³-hybridized carbons (Fsp3) is 0.118. The van der Waals surface area contributed by atoms with E-state index in [9.17, 15) is 10.1 Å². The maximum Gasteiger partial charge on any atom is 0.354 e. The van der Waals surface area contributed by atoms with Gasteiger partial charge >= 0.3 is 5.69 Å². The van der Waals surface area contributed by atoms with Crippen molar-refractivity contribution in [1.82, 2.24) is 15.0 Å². The minimum Gasteiger partial charge on any atom is -0.320 e. The summed E-state index contributed by atoms with van der Waals surface area (Å²) in [4.78, 5) is 25.5. The van der Waals surface area contributed by atoms with E-state index in [-0.39, 0.29) is 17.3 Å². The molecule has 3 heterocycles. The zero-order valence-electron chi connectivity index (χ0n) is 13.5. The lowest BCUT2D eigenvalue weighted by molar-refractivity contribution is -0.383. The fourth-order valence-electron chi connectivity index (χ4n) is 2.96. The van der Waals surface area contributed by atoms with Crippen LogP contribution in [0.3, 0.4) is 0 Å². The van der Waals surface area contributed by atoms with Crippen molar-refractivity contribution in [2.45, 2.75) is 6.42 Å². The smallest absolute Gasteiger partial charge is 0.320 e. The summed E-state index contributed by atoms with van der Waals surface area (Å²) >= 11 is 5.82. The highest BCUT2D eigenvalue weighted by Crippen LogP contribution is 2.40. The Morgan fingerprint density at radius 2 is 2.00 bits per heavy atom. The van der Waals surface area contributed by atoms with Crippen LogP contribution in [0.2, 0.25) is 5.02 Å². The zero-order chi connectivity index (χ0) is 18.1. The van der Waals surface area contributed by atoms with Crippen molar-refractivity contribution in [3.05, 3.63) is 69.6 Å². The maximum atomic E-state index is 11.8. The van der Waals surface area contributed by atoms with Gasteiger partial charge in [-0.1, -0.05) is 29.8 Å². The molecule has 3 aromatic rings. The van der Waals surface area contributed by atoms with Gasteiger partial charge in [-0.3, -0.25) is 10.1 Å². The molecule has 9 heteroatoms. The first-order valence-corrected chi connectivity index (χ1v) is 8.24. The molecule has 0 fully saturated rings. The number of fused-ring (bicyclic) bond motifs is 1. The molecule has 0 unspecified atom stereocenters. The van der Waals surface area contributed by atoms with Crippen LogP contribution in [-0.4, -0.2) is 26.4 Å². The van der Waals surface area contributed by atoms with Crippen molar-refractivity contribution in [3.63, 3.8) is 0 Å². The molecule has 0 bridgehead atoms. The van der Waals surface area contributed by atoms with Crippen molar-refractivity contribution < 1.29 is 4.92 Å². The molecule has 0 saturated carbocycles. The number of pyridine rings is 1. The van der Waals surface area contributed by atoms with Gasteiger partial charge in [-0.2, -0.15) is 0 Å². The average Bonchev–Trinajstić information content (AvgIpc) is 3.07. The lowest BCUT2D eigenvalue weighted by atomic mass is 10.2. The Kier molecular flexibility index (Phi) is 4.10. The third-order valence-corrected chi connectivity index (χ3v) is 4.33. The summed E-state index contributed by atoms with van der Waals surface area (Å²) in [5.41, 5.74) is 1.86. The summed E-state index contributed by atoms with van der Waals surface area (Å²) < 4.78 is 0. The highest BCUT2D eigenvalue weighted by molar-refractivity contribution is 6.30. The fourth-order valence-corrected chi connectivity index (χ4v) is 3.07. The molecule has 130 valence electrons. The van der Waals surface area contributed by atoms with E-state index in [0.717, 1.165) is 17.7 Å². The normalized spacial score (nSPS) is 12.7. The Bertz CT molecular complexity index is 979. The first kappa shape index (κ1) is 16.2. The van der Waals surface area contributed by atoms with Crippen molar-refractivity contribution >= 4 is 40.4 Å². The maximum absolute atomic E-state index is 11.8. The van der Waals surface area contributed by atoms with Crippen molar-refractivity contribution in [2.75, 3.05) is 16.8 Å². The number of aromatic nitrogens is 3. The molecule has 0 amide bonds. The van der Waals surface area contributed by atoms with E-state index in [4.69, 9.17) is 11.6 Å². The van der Waals surface area contributed by atoms with Gasteiger partial charge in [-0.25, -0.2) is 15.0 Å². The molecule has 0 aliphatic carbocycles. The minimum atomic E-state index is -0.478. The molecule has 1 aromatic carbocycles. The molecule has 26 heavy (non-hydrogen) atoms. The van der Waals surface area contributed by atoms with Crippen molar-refractivity contribution in [3.8, 4) is 0 Å². The second-order valence-corrected chi connectivity index (χ2v) is 6.11. The van der Waals surface area contributed by atoms with Gasteiger partial charge in [0.05, 0.1) is 9.95 Å². The first-order valence-electron chi connectivity index (χ1n) is 7.87. The van der Waals surface area contributed by atoms with Gasteiger partial charge in [0.2, 0.25) is 11.6 Å². The van der Waals surface area contributed by atoms with Crippen LogP contribution in [-0.2, 0) is 6.42 Å². The van der Waals surface area contributed by atoms with E-state index in [2.05, 4.69) is 20.3 Å². The van der Waals surface area contributed by atoms with Gasteiger partial charge in [-0.05, 0) is 30.2 Å².